The molecular formula is C21H15ClN8O2. The molecule has 4 aromatic heterocycles. The van der Waals surface area contributed by atoms with Crippen LogP contribution in [-0.2, 0) is 0 Å². The number of pyridine rings is 1. The number of benzene rings is 1. The summed E-state index contributed by atoms with van der Waals surface area (Å²) in [5.74, 6) is 1.11. The maximum atomic E-state index is 12.6. The van der Waals surface area contributed by atoms with Crippen LogP contribution in [0.25, 0.3) is 16.9 Å². The van der Waals surface area contributed by atoms with E-state index in [-0.39, 0.29) is 5.91 Å². The fourth-order valence-corrected chi connectivity index (χ4v) is 3.28. The fraction of sp³-hybridized carbons (Fsp3) is 0.0476. The molecule has 10 nitrogen and oxygen atoms in total. The lowest BCUT2D eigenvalue weighted by Crippen LogP contribution is -2.12. The van der Waals surface area contributed by atoms with Gasteiger partial charge in [-0.3, -0.25) is 4.79 Å². The maximum Gasteiger partial charge on any atom is 0.256 e. The van der Waals surface area contributed by atoms with Gasteiger partial charge >= 0.3 is 0 Å². The molecule has 1 aromatic carbocycles. The number of aryl methyl sites for hydroxylation is 1. The van der Waals surface area contributed by atoms with E-state index in [0.717, 1.165) is 5.56 Å². The van der Waals surface area contributed by atoms with Gasteiger partial charge in [0.1, 0.15) is 23.6 Å². The van der Waals surface area contributed by atoms with Gasteiger partial charge < -0.3 is 15.2 Å². The number of halogens is 1. The topological polar surface area (TPSA) is 124 Å². The molecule has 1 amide bonds. The molecule has 0 aliphatic heterocycles. The van der Waals surface area contributed by atoms with Crippen molar-refractivity contribution >= 4 is 45.9 Å². The van der Waals surface area contributed by atoms with E-state index >= 15 is 0 Å². The zero-order valence-corrected chi connectivity index (χ0v) is 17.4. The summed E-state index contributed by atoms with van der Waals surface area (Å²) in [6, 6.07) is 12.1. The number of hydrogen-bond donors (Lipinski definition) is 2. The Labute approximate surface area is 186 Å². The second kappa shape index (κ2) is 8.08. The first-order valence-electron chi connectivity index (χ1n) is 9.49. The van der Waals surface area contributed by atoms with Gasteiger partial charge in [-0.2, -0.15) is 9.78 Å². The minimum atomic E-state index is -0.311. The molecule has 0 unspecified atom stereocenters. The van der Waals surface area contributed by atoms with Gasteiger partial charge in [0.25, 0.3) is 5.91 Å². The number of nitrogens with zero attached hydrogens (tertiary/aromatic N) is 6. The monoisotopic (exact) mass is 446 g/mol. The molecule has 32 heavy (non-hydrogen) atoms. The van der Waals surface area contributed by atoms with Crippen LogP contribution in [0.3, 0.4) is 0 Å². The van der Waals surface area contributed by atoms with Crippen LogP contribution in [0.15, 0.2) is 65.8 Å². The third kappa shape index (κ3) is 3.74. The molecule has 0 saturated heterocycles. The van der Waals surface area contributed by atoms with Crippen LogP contribution in [0.5, 0.6) is 0 Å². The van der Waals surface area contributed by atoms with Gasteiger partial charge in [0.05, 0.1) is 11.6 Å². The third-order valence-electron chi connectivity index (χ3n) is 4.72. The Balaban J connectivity index is 1.47. The van der Waals surface area contributed by atoms with Gasteiger partial charge in [0, 0.05) is 17.3 Å². The first-order valence-corrected chi connectivity index (χ1v) is 9.87. The average Bonchev–Trinajstić information content (AvgIpc) is 3.45. The Hall–Kier alpha value is -4.31. The Morgan fingerprint density at radius 3 is 2.88 bits per heavy atom. The molecule has 0 bridgehead atoms. The standard InChI is InChI=1S/C21H15ClN8O2/c1-12-5-6-13(21(31)28-17-7-8-32-29-17)9-15(12)26-19-14-10-25-30(20(14)24-11-23-19)18-4-2-3-16(22)27-18/h2-11H,1H3,(H,23,24,26)(H,28,29,31). The summed E-state index contributed by atoms with van der Waals surface area (Å²) in [6.45, 7) is 1.93. The number of amides is 1. The van der Waals surface area contributed by atoms with E-state index in [4.69, 9.17) is 16.1 Å². The average molecular weight is 447 g/mol. The Morgan fingerprint density at radius 1 is 1.16 bits per heavy atom. The van der Waals surface area contributed by atoms with E-state index in [1.165, 1.54) is 12.6 Å². The van der Waals surface area contributed by atoms with Crippen LogP contribution in [0.2, 0.25) is 5.15 Å². The quantitative estimate of drug-likeness (QED) is 0.386. The highest BCUT2D eigenvalue weighted by molar-refractivity contribution is 6.29. The van der Waals surface area contributed by atoms with Crippen molar-refractivity contribution in [1.82, 2.24) is 29.9 Å². The summed E-state index contributed by atoms with van der Waals surface area (Å²) in [5, 5.41) is 15.1. The molecule has 0 fully saturated rings. The van der Waals surface area contributed by atoms with Crippen molar-refractivity contribution in [3.63, 3.8) is 0 Å². The number of nitrogens with one attached hydrogen (secondary N) is 2. The maximum absolute atomic E-state index is 12.6. The van der Waals surface area contributed by atoms with Crippen molar-refractivity contribution in [3.05, 3.63) is 77.5 Å². The molecule has 0 aliphatic rings. The first kappa shape index (κ1) is 19.6. The van der Waals surface area contributed by atoms with Crippen molar-refractivity contribution in [1.29, 1.82) is 0 Å². The molecule has 0 spiro atoms. The first-order chi connectivity index (χ1) is 15.6. The van der Waals surface area contributed by atoms with E-state index in [0.29, 0.717) is 44.9 Å². The molecule has 5 aromatic rings. The number of anilines is 3. The van der Waals surface area contributed by atoms with Crippen LogP contribution in [0.4, 0.5) is 17.3 Å². The lowest BCUT2D eigenvalue weighted by molar-refractivity contribution is 0.102. The molecule has 0 atom stereocenters. The van der Waals surface area contributed by atoms with Gasteiger partial charge in [-0.05, 0) is 36.8 Å². The van der Waals surface area contributed by atoms with E-state index in [9.17, 15) is 4.79 Å². The molecule has 5 rings (SSSR count). The van der Waals surface area contributed by atoms with Crippen molar-refractivity contribution in [2.75, 3.05) is 10.6 Å². The zero-order chi connectivity index (χ0) is 22.1. The van der Waals surface area contributed by atoms with Gasteiger partial charge in [0.2, 0.25) is 0 Å². The zero-order valence-electron chi connectivity index (χ0n) is 16.7. The minimum Gasteiger partial charge on any atom is -0.363 e. The summed E-state index contributed by atoms with van der Waals surface area (Å²) < 4.78 is 6.33. The summed E-state index contributed by atoms with van der Waals surface area (Å²) >= 11 is 6.01. The van der Waals surface area contributed by atoms with Gasteiger partial charge in [-0.15, -0.1) is 0 Å². The van der Waals surface area contributed by atoms with Gasteiger partial charge in [-0.25, -0.2) is 15.0 Å². The second-order valence-electron chi connectivity index (χ2n) is 6.83. The summed E-state index contributed by atoms with van der Waals surface area (Å²) in [6.07, 6.45) is 4.47. The summed E-state index contributed by atoms with van der Waals surface area (Å²) in [5.41, 5.74) is 2.66. The number of aromatic nitrogens is 6. The fourth-order valence-electron chi connectivity index (χ4n) is 3.12. The Kier molecular flexibility index (Phi) is 4.96. The molecule has 2 N–H and O–H groups in total. The van der Waals surface area contributed by atoms with Crippen LogP contribution < -0.4 is 10.6 Å². The highest BCUT2D eigenvalue weighted by atomic mass is 35.5. The summed E-state index contributed by atoms with van der Waals surface area (Å²) in [7, 11) is 0. The Bertz CT molecular complexity index is 1430. The molecule has 0 aliphatic carbocycles. The number of hydrogen-bond acceptors (Lipinski definition) is 8. The third-order valence-corrected chi connectivity index (χ3v) is 4.93. The lowest BCUT2D eigenvalue weighted by Gasteiger charge is -2.11. The summed E-state index contributed by atoms with van der Waals surface area (Å²) in [4.78, 5) is 25.5. The molecular weight excluding hydrogens is 432 g/mol. The van der Waals surface area contributed by atoms with Gasteiger partial charge in [-0.1, -0.05) is 28.9 Å². The highest BCUT2D eigenvalue weighted by Crippen LogP contribution is 2.27. The minimum absolute atomic E-state index is 0.311. The van der Waals surface area contributed by atoms with E-state index < -0.39 is 0 Å². The van der Waals surface area contributed by atoms with Crippen molar-refractivity contribution in [2.24, 2.45) is 0 Å². The van der Waals surface area contributed by atoms with E-state index in [1.54, 1.807) is 47.3 Å². The highest BCUT2D eigenvalue weighted by Gasteiger charge is 2.15. The number of rotatable bonds is 5. The molecule has 158 valence electrons. The van der Waals surface area contributed by atoms with Crippen LogP contribution >= 0.6 is 11.6 Å². The SMILES string of the molecule is Cc1ccc(C(=O)Nc2ccon2)cc1Nc1ncnc2c1cnn2-c1cccc(Cl)n1. The van der Waals surface area contributed by atoms with Crippen LogP contribution in [-0.4, -0.2) is 35.8 Å². The number of carbonyl (C=O) groups is 1. The number of carbonyl (C=O) groups excluding carboxylic acids is 1. The predicted molar refractivity (Wildman–Crippen MR) is 118 cm³/mol. The van der Waals surface area contributed by atoms with Crippen LogP contribution in [0, 0.1) is 6.92 Å². The van der Waals surface area contributed by atoms with Crippen molar-refractivity contribution in [2.45, 2.75) is 6.92 Å². The van der Waals surface area contributed by atoms with Crippen molar-refractivity contribution < 1.29 is 9.32 Å². The largest absolute Gasteiger partial charge is 0.363 e. The van der Waals surface area contributed by atoms with Gasteiger partial charge in [0.15, 0.2) is 17.3 Å². The second-order valence-corrected chi connectivity index (χ2v) is 7.22. The molecule has 4 heterocycles. The molecule has 11 heteroatoms. The lowest BCUT2D eigenvalue weighted by atomic mass is 10.1. The predicted octanol–water partition coefficient (Wildman–Crippen LogP) is 4.16. The van der Waals surface area contributed by atoms with Crippen LogP contribution in [0.1, 0.15) is 15.9 Å². The van der Waals surface area contributed by atoms with E-state index in [1.807, 2.05) is 13.0 Å². The van der Waals surface area contributed by atoms with E-state index in [2.05, 4.69) is 35.8 Å². The smallest absolute Gasteiger partial charge is 0.256 e. The molecule has 0 saturated carbocycles. The Morgan fingerprint density at radius 2 is 2.06 bits per heavy atom. The molecule has 0 radical (unpaired) electrons. The van der Waals surface area contributed by atoms with Crippen molar-refractivity contribution in [3.8, 4) is 5.82 Å². The number of fused-ring (bicyclic) bond motifs is 1. The normalized spacial score (nSPS) is 10.9.